The fourth-order valence-electron chi connectivity index (χ4n) is 4.50. The molecule has 0 aliphatic rings. The Kier molecular flexibility index (Phi) is 11.6. The van der Waals surface area contributed by atoms with Gasteiger partial charge in [-0.1, -0.05) is 80.0 Å². The zero-order valence-electron chi connectivity index (χ0n) is 25.2. The van der Waals surface area contributed by atoms with Gasteiger partial charge in [-0.15, -0.1) is 0 Å². The maximum Gasteiger partial charge on any atom is 0.304 e. The highest BCUT2D eigenvalue weighted by molar-refractivity contribution is 7.90. The molecule has 42 heavy (non-hydrogen) atoms. The van der Waals surface area contributed by atoms with Crippen LogP contribution >= 0.6 is 11.6 Å². The van der Waals surface area contributed by atoms with E-state index in [1.54, 1.807) is 31.2 Å². The maximum absolute atomic E-state index is 14.3. The van der Waals surface area contributed by atoms with E-state index in [1.807, 2.05) is 69.3 Å². The molecule has 0 aliphatic heterocycles. The quantitative estimate of drug-likeness (QED) is 0.295. The van der Waals surface area contributed by atoms with Crippen LogP contribution in [0.15, 0.2) is 72.8 Å². The first-order chi connectivity index (χ1) is 19.8. The summed E-state index contributed by atoms with van der Waals surface area (Å²) in [6.07, 6.45) is 0.251. The summed E-state index contributed by atoms with van der Waals surface area (Å²) in [5.41, 5.74) is 3.56. The maximum atomic E-state index is 14.3. The number of carbonyl (C=O) groups is 2. The van der Waals surface area contributed by atoms with Crippen LogP contribution in [0.4, 0.5) is 5.69 Å². The van der Waals surface area contributed by atoms with Gasteiger partial charge in [0.25, 0.3) is 0 Å². The third kappa shape index (κ3) is 8.80. The summed E-state index contributed by atoms with van der Waals surface area (Å²) in [7, 11) is -1.21. The van der Waals surface area contributed by atoms with Gasteiger partial charge in [0.2, 0.25) is 11.8 Å². The number of benzene rings is 3. The SMILES string of the molecule is Cc1ccc(C)c(N(CC(=O)N(Cc2cccc(Cl)c2)[C@@H](Cc2ccccc2)C(=O)NCC(C)C)S(=O)(=O)N(C)C)c1. The summed E-state index contributed by atoms with van der Waals surface area (Å²) in [4.78, 5) is 29.6. The fraction of sp³-hybridized carbons (Fsp3) is 0.375. The van der Waals surface area contributed by atoms with Gasteiger partial charge in [-0.2, -0.15) is 12.7 Å². The van der Waals surface area contributed by atoms with Crippen molar-refractivity contribution in [2.75, 3.05) is 31.5 Å². The number of aryl methyl sites for hydroxylation is 2. The van der Waals surface area contributed by atoms with E-state index in [2.05, 4.69) is 5.32 Å². The van der Waals surface area contributed by atoms with Crippen molar-refractivity contribution >= 4 is 39.3 Å². The van der Waals surface area contributed by atoms with Crippen molar-refractivity contribution in [2.24, 2.45) is 5.92 Å². The molecule has 3 aromatic rings. The Labute approximate surface area is 255 Å². The molecule has 0 spiro atoms. The third-order valence-electron chi connectivity index (χ3n) is 6.85. The van der Waals surface area contributed by atoms with Crippen LogP contribution in [0.1, 0.15) is 36.1 Å². The lowest BCUT2D eigenvalue weighted by atomic mass is 10.0. The molecule has 226 valence electrons. The van der Waals surface area contributed by atoms with Crippen molar-refractivity contribution in [3.63, 3.8) is 0 Å². The molecule has 0 heterocycles. The Morgan fingerprint density at radius 1 is 0.905 bits per heavy atom. The first-order valence-corrected chi connectivity index (χ1v) is 15.7. The molecule has 0 unspecified atom stereocenters. The summed E-state index contributed by atoms with van der Waals surface area (Å²) in [6, 6.07) is 21.1. The summed E-state index contributed by atoms with van der Waals surface area (Å²) in [6.45, 7) is 7.67. The number of halogens is 1. The zero-order chi connectivity index (χ0) is 31.0. The van der Waals surface area contributed by atoms with E-state index in [9.17, 15) is 18.0 Å². The average molecular weight is 613 g/mol. The molecule has 0 aliphatic carbocycles. The molecular weight excluding hydrogens is 572 g/mol. The number of rotatable bonds is 13. The number of nitrogens with one attached hydrogen (secondary N) is 1. The van der Waals surface area contributed by atoms with Crippen LogP contribution in [-0.4, -0.2) is 62.7 Å². The van der Waals surface area contributed by atoms with Crippen molar-refractivity contribution in [1.82, 2.24) is 14.5 Å². The number of hydrogen-bond donors (Lipinski definition) is 1. The lowest BCUT2D eigenvalue weighted by Crippen LogP contribution is -2.54. The van der Waals surface area contributed by atoms with Gasteiger partial charge in [0.05, 0.1) is 5.69 Å². The van der Waals surface area contributed by atoms with Crippen LogP contribution in [-0.2, 0) is 32.8 Å². The minimum absolute atomic E-state index is 0.0641. The molecule has 0 saturated carbocycles. The normalized spacial score (nSPS) is 12.3. The molecule has 8 nitrogen and oxygen atoms in total. The van der Waals surface area contributed by atoms with Gasteiger partial charge >= 0.3 is 10.2 Å². The largest absolute Gasteiger partial charge is 0.354 e. The fourth-order valence-corrected chi connectivity index (χ4v) is 5.82. The van der Waals surface area contributed by atoms with Gasteiger partial charge in [-0.25, -0.2) is 4.31 Å². The van der Waals surface area contributed by atoms with Crippen molar-refractivity contribution < 1.29 is 18.0 Å². The van der Waals surface area contributed by atoms with Crippen LogP contribution < -0.4 is 9.62 Å². The highest BCUT2D eigenvalue weighted by Gasteiger charge is 2.35. The molecule has 0 fully saturated rings. The zero-order valence-corrected chi connectivity index (χ0v) is 26.7. The van der Waals surface area contributed by atoms with Gasteiger partial charge in [0, 0.05) is 38.6 Å². The standard InChI is InChI=1S/C32H41ClN4O4S/c1-23(2)20-34-32(39)30(19-26-11-8-7-9-12-26)36(21-27-13-10-14-28(33)18-27)31(38)22-37(42(40,41)35(5)6)29-17-24(3)15-16-25(29)4/h7-18,23,30H,19-22H2,1-6H3,(H,34,39)/t30-/m0/s1. The van der Waals surface area contributed by atoms with Gasteiger partial charge in [-0.05, 0) is 60.2 Å². The summed E-state index contributed by atoms with van der Waals surface area (Å²) in [5, 5.41) is 3.48. The first-order valence-electron chi connectivity index (χ1n) is 13.9. The topological polar surface area (TPSA) is 90.0 Å². The molecule has 10 heteroatoms. The Bertz CT molecular complexity index is 1480. The Balaban J connectivity index is 2.12. The predicted octanol–water partition coefficient (Wildman–Crippen LogP) is 4.98. The lowest BCUT2D eigenvalue weighted by Gasteiger charge is -2.35. The van der Waals surface area contributed by atoms with E-state index < -0.39 is 28.7 Å². The second-order valence-electron chi connectivity index (χ2n) is 11.1. The second-order valence-corrected chi connectivity index (χ2v) is 13.6. The molecule has 0 radical (unpaired) electrons. The van der Waals surface area contributed by atoms with Crippen LogP contribution in [0.3, 0.4) is 0 Å². The number of anilines is 1. The molecule has 0 saturated heterocycles. The van der Waals surface area contributed by atoms with E-state index in [-0.39, 0.29) is 24.8 Å². The van der Waals surface area contributed by atoms with Crippen molar-refractivity contribution in [1.29, 1.82) is 0 Å². The van der Waals surface area contributed by atoms with E-state index in [0.717, 1.165) is 25.3 Å². The first kappa shape index (κ1) is 33.1. The summed E-state index contributed by atoms with van der Waals surface area (Å²) < 4.78 is 29.4. The van der Waals surface area contributed by atoms with Gasteiger partial charge in [0.15, 0.2) is 0 Å². The molecule has 0 bridgehead atoms. The Morgan fingerprint density at radius 2 is 1.57 bits per heavy atom. The minimum Gasteiger partial charge on any atom is -0.354 e. The number of hydrogen-bond acceptors (Lipinski definition) is 4. The summed E-state index contributed by atoms with van der Waals surface area (Å²) >= 11 is 6.28. The summed E-state index contributed by atoms with van der Waals surface area (Å²) in [5.74, 6) is -0.618. The van der Waals surface area contributed by atoms with Gasteiger partial charge in [-0.3, -0.25) is 9.59 Å². The van der Waals surface area contributed by atoms with Crippen LogP contribution in [0, 0.1) is 19.8 Å². The van der Waals surface area contributed by atoms with Crippen LogP contribution in [0.2, 0.25) is 5.02 Å². The van der Waals surface area contributed by atoms with Crippen LogP contribution in [0.5, 0.6) is 0 Å². The van der Waals surface area contributed by atoms with Crippen molar-refractivity contribution in [3.05, 3.63) is 100 Å². The van der Waals surface area contributed by atoms with Crippen molar-refractivity contribution in [3.8, 4) is 0 Å². The third-order valence-corrected chi connectivity index (χ3v) is 8.89. The van der Waals surface area contributed by atoms with E-state index in [0.29, 0.717) is 22.8 Å². The second kappa shape index (κ2) is 14.7. The van der Waals surface area contributed by atoms with Crippen molar-refractivity contribution in [2.45, 2.75) is 46.7 Å². The lowest BCUT2D eigenvalue weighted by molar-refractivity contribution is -0.140. The molecular formula is C32H41ClN4O4S. The average Bonchev–Trinajstić information content (AvgIpc) is 2.94. The molecule has 3 rings (SSSR count). The Morgan fingerprint density at radius 3 is 2.19 bits per heavy atom. The van der Waals surface area contributed by atoms with Gasteiger partial charge < -0.3 is 10.2 Å². The molecule has 1 atom stereocenters. The molecule has 0 aromatic heterocycles. The number of amides is 2. The molecule has 2 amide bonds. The Hall–Kier alpha value is -3.40. The van der Waals surface area contributed by atoms with E-state index in [1.165, 1.54) is 19.0 Å². The predicted molar refractivity (Wildman–Crippen MR) is 170 cm³/mol. The number of nitrogens with zero attached hydrogens (tertiary/aromatic N) is 3. The molecule has 3 aromatic carbocycles. The smallest absolute Gasteiger partial charge is 0.304 e. The van der Waals surface area contributed by atoms with Gasteiger partial charge in [0.1, 0.15) is 12.6 Å². The van der Waals surface area contributed by atoms with E-state index >= 15 is 0 Å². The number of carbonyl (C=O) groups excluding carboxylic acids is 2. The van der Waals surface area contributed by atoms with E-state index in [4.69, 9.17) is 11.6 Å². The highest BCUT2D eigenvalue weighted by atomic mass is 35.5. The molecule has 1 N–H and O–H groups in total. The highest BCUT2D eigenvalue weighted by Crippen LogP contribution is 2.26. The minimum atomic E-state index is -4.07. The van der Waals surface area contributed by atoms with Crippen LogP contribution in [0.25, 0.3) is 0 Å². The monoisotopic (exact) mass is 612 g/mol.